The van der Waals surface area contributed by atoms with E-state index in [1.807, 2.05) is 0 Å². The molecule has 1 rings (SSSR count). The lowest BCUT2D eigenvalue weighted by atomic mass is 10.2. The molecular formula is C11H16N2O3. The van der Waals surface area contributed by atoms with Crippen molar-refractivity contribution in [2.45, 2.75) is 6.92 Å². The standard InChI is InChI=1S/C11H16N2O3/c1-7(12)13-8-5-9(14-2)11(16-4)10(6-8)15-3/h5-6H,1-4H3,(H2,12,13). The number of hydrogen-bond acceptors (Lipinski definition) is 4. The second-order valence-electron chi connectivity index (χ2n) is 3.14. The third kappa shape index (κ3) is 2.56. The Morgan fingerprint density at radius 1 is 1.06 bits per heavy atom. The van der Waals surface area contributed by atoms with Crippen molar-refractivity contribution in [2.75, 3.05) is 21.3 Å². The maximum atomic E-state index is 5.52. The lowest BCUT2D eigenvalue weighted by Gasteiger charge is -2.12. The van der Waals surface area contributed by atoms with Crippen molar-refractivity contribution >= 4 is 11.5 Å². The summed E-state index contributed by atoms with van der Waals surface area (Å²) < 4.78 is 15.6. The van der Waals surface area contributed by atoms with Gasteiger partial charge in [0, 0.05) is 12.1 Å². The van der Waals surface area contributed by atoms with E-state index < -0.39 is 0 Å². The number of hydrogen-bond donors (Lipinski definition) is 1. The fourth-order valence-corrected chi connectivity index (χ4v) is 1.34. The van der Waals surface area contributed by atoms with Gasteiger partial charge >= 0.3 is 0 Å². The van der Waals surface area contributed by atoms with Gasteiger partial charge in [-0.05, 0) is 6.92 Å². The van der Waals surface area contributed by atoms with Gasteiger partial charge in [-0.25, -0.2) is 4.99 Å². The first-order chi connectivity index (χ1) is 7.62. The van der Waals surface area contributed by atoms with Gasteiger partial charge in [-0.2, -0.15) is 0 Å². The third-order valence-corrected chi connectivity index (χ3v) is 1.95. The van der Waals surface area contributed by atoms with E-state index in [0.29, 0.717) is 28.8 Å². The van der Waals surface area contributed by atoms with Gasteiger partial charge in [0.05, 0.1) is 32.9 Å². The van der Waals surface area contributed by atoms with Crippen LogP contribution in [0.5, 0.6) is 17.2 Å². The summed E-state index contributed by atoms with van der Waals surface area (Å²) in [5, 5.41) is 0. The average Bonchev–Trinajstić information content (AvgIpc) is 2.26. The number of nitrogens with two attached hydrogens (primary N) is 1. The van der Waals surface area contributed by atoms with E-state index >= 15 is 0 Å². The highest BCUT2D eigenvalue weighted by Gasteiger charge is 2.12. The molecule has 0 atom stereocenters. The van der Waals surface area contributed by atoms with E-state index in [9.17, 15) is 0 Å². The van der Waals surface area contributed by atoms with Gasteiger partial charge in [-0.3, -0.25) is 0 Å². The van der Waals surface area contributed by atoms with Crippen molar-refractivity contribution < 1.29 is 14.2 Å². The molecule has 16 heavy (non-hydrogen) atoms. The second kappa shape index (κ2) is 5.25. The first-order valence-corrected chi connectivity index (χ1v) is 4.73. The van der Waals surface area contributed by atoms with E-state index in [0.717, 1.165) is 0 Å². The van der Waals surface area contributed by atoms with Gasteiger partial charge in [-0.15, -0.1) is 0 Å². The molecule has 0 heterocycles. The van der Waals surface area contributed by atoms with Crippen molar-refractivity contribution in [1.29, 1.82) is 0 Å². The Labute approximate surface area is 94.8 Å². The molecule has 0 amide bonds. The molecule has 0 spiro atoms. The molecule has 0 fully saturated rings. The van der Waals surface area contributed by atoms with Crippen LogP contribution in [0.3, 0.4) is 0 Å². The Balaban J connectivity index is 3.31. The lowest BCUT2D eigenvalue weighted by Crippen LogP contribution is -2.04. The summed E-state index contributed by atoms with van der Waals surface area (Å²) in [6.07, 6.45) is 0. The number of amidine groups is 1. The Bertz CT molecular complexity index is 373. The van der Waals surface area contributed by atoms with E-state index in [1.54, 1.807) is 40.4 Å². The molecule has 0 aliphatic heterocycles. The van der Waals surface area contributed by atoms with E-state index in [-0.39, 0.29) is 0 Å². The molecule has 1 aromatic carbocycles. The highest BCUT2D eigenvalue weighted by atomic mass is 16.5. The Kier molecular flexibility index (Phi) is 3.99. The zero-order valence-corrected chi connectivity index (χ0v) is 9.90. The first-order valence-electron chi connectivity index (χ1n) is 4.73. The van der Waals surface area contributed by atoms with Crippen molar-refractivity contribution in [3.05, 3.63) is 12.1 Å². The van der Waals surface area contributed by atoms with Crippen LogP contribution >= 0.6 is 0 Å². The Morgan fingerprint density at radius 3 is 1.88 bits per heavy atom. The largest absolute Gasteiger partial charge is 0.493 e. The van der Waals surface area contributed by atoms with Crippen molar-refractivity contribution in [1.82, 2.24) is 0 Å². The van der Waals surface area contributed by atoms with Crippen molar-refractivity contribution in [3.63, 3.8) is 0 Å². The summed E-state index contributed by atoms with van der Waals surface area (Å²) in [6, 6.07) is 3.47. The minimum Gasteiger partial charge on any atom is -0.493 e. The maximum Gasteiger partial charge on any atom is 0.203 e. The minimum atomic E-state index is 0.467. The van der Waals surface area contributed by atoms with Gasteiger partial charge in [0.25, 0.3) is 0 Å². The van der Waals surface area contributed by atoms with Crippen LogP contribution in [0.4, 0.5) is 5.69 Å². The molecule has 5 nitrogen and oxygen atoms in total. The van der Waals surface area contributed by atoms with Crippen LogP contribution in [0.25, 0.3) is 0 Å². The SMILES string of the molecule is COc1cc(N=C(C)N)cc(OC)c1OC. The van der Waals surface area contributed by atoms with Gasteiger partial charge in [-0.1, -0.05) is 0 Å². The number of rotatable bonds is 4. The Hall–Kier alpha value is -1.91. The van der Waals surface area contributed by atoms with E-state index in [1.165, 1.54) is 0 Å². The van der Waals surface area contributed by atoms with Gasteiger partial charge in [0.1, 0.15) is 0 Å². The molecule has 88 valence electrons. The highest BCUT2D eigenvalue weighted by Crippen LogP contribution is 2.40. The summed E-state index contributed by atoms with van der Waals surface area (Å²) >= 11 is 0. The fraction of sp³-hybridized carbons (Fsp3) is 0.364. The second-order valence-corrected chi connectivity index (χ2v) is 3.14. The van der Waals surface area contributed by atoms with E-state index in [2.05, 4.69) is 4.99 Å². The van der Waals surface area contributed by atoms with E-state index in [4.69, 9.17) is 19.9 Å². The quantitative estimate of drug-likeness (QED) is 0.624. The molecule has 2 N–H and O–H groups in total. The fourth-order valence-electron chi connectivity index (χ4n) is 1.34. The van der Waals surface area contributed by atoms with Gasteiger partial charge in [0.2, 0.25) is 5.75 Å². The smallest absolute Gasteiger partial charge is 0.203 e. The number of ether oxygens (including phenoxy) is 3. The number of benzene rings is 1. The summed E-state index contributed by atoms with van der Waals surface area (Å²) in [6.45, 7) is 1.71. The molecule has 0 aromatic heterocycles. The molecule has 1 aromatic rings. The van der Waals surface area contributed by atoms with Crippen LogP contribution in [0, 0.1) is 0 Å². The minimum absolute atomic E-state index is 0.467. The van der Waals surface area contributed by atoms with Crippen LogP contribution in [0.2, 0.25) is 0 Å². The molecule has 0 unspecified atom stereocenters. The number of methoxy groups -OCH3 is 3. The van der Waals surface area contributed by atoms with Gasteiger partial charge in [0.15, 0.2) is 11.5 Å². The third-order valence-electron chi connectivity index (χ3n) is 1.95. The van der Waals surface area contributed by atoms with Crippen LogP contribution < -0.4 is 19.9 Å². The molecule has 0 aliphatic rings. The average molecular weight is 224 g/mol. The van der Waals surface area contributed by atoms with Crippen LogP contribution in [-0.4, -0.2) is 27.2 Å². The zero-order chi connectivity index (χ0) is 12.1. The van der Waals surface area contributed by atoms with Crippen LogP contribution in [0.1, 0.15) is 6.92 Å². The summed E-state index contributed by atoms with van der Waals surface area (Å²) in [5.74, 6) is 2.12. The molecule has 0 saturated carbocycles. The van der Waals surface area contributed by atoms with Gasteiger partial charge < -0.3 is 19.9 Å². The lowest BCUT2D eigenvalue weighted by molar-refractivity contribution is 0.324. The molecule has 0 radical (unpaired) electrons. The Morgan fingerprint density at radius 2 is 1.56 bits per heavy atom. The molecular weight excluding hydrogens is 208 g/mol. The van der Waals surface area contributed by atoms with Crippen LogP contribution in [-0.2, 0) is 0 Å². The predicted molar refractivity (Wildman–Crippen MR) is 63.1 cm³/mol. The summed E-state index contributed by atoms with van der Waals surface area (Å²) in [7, 11) is 4.66. The van der Waals surface area contributed by atoms with Crippen molar-refractivity contribution in [3.8, 4) is 17.2 Å². The predicted octanol–water partition coefficient (Wildman–Crippen LogP) is 1.72. The zero-order valence-electron chi connectivity index (χ0n) is 9.90. The molecule has 0 aliphatic carbocycles. The molecule has 5 heteroatoms. The monoisotopic (exact) mass is 224 g/mol. The van der Waals surface area contributed by atoms with Crippen LogP contribution in [0.15, 0.2) is 17.1 Å². The maximum absolute atomic E-state index is 5.52. The summed E-state index contributed by atoms with van der Waals surface area (Å²) in [4.78, 5) is 4.13. The molecule has 0 bridgehead atoms. The number of aliphatic imine (C=N–C) groups is 1. The number of nitrogens with zero attached hydrogens (tertiary/aromatic N) is 1. The topological polar surface area (TPSA) is 66.1 Å². The highest BCUT2D eigenvalue weighted by molar-refractivity contribution is 5.81. The normalized spacial score (nSPS) is 11.1. The summed E-state index contributed by atoms with van der Waals surface area (Å²) in [5.41, 5.74) is 6.18. The first kappa shape index (κ1) is 12.2. The van der Waals surface area contributed by atoms with Crippen molar-refractivity contribution in [2.24, 2.45) is 10.7 Å². The molecule has 0 saturated heterocycles.